The van der Waals surface area contributed by atoms with Crippen LogP contribution in [0.25, 0.3) is 10.9 Å². The van der Waals surface area contributed by atoms with E-state index in [1.54, 1.807) is 9.21 Å². The molecule has 1 amide bonds. The quantitative estimate of drug-likeness (QED) is 0.861. The van der Waals surface area contributed by atoms with E-state index in [1.165, 1.54) is 4.31 Å². The predicted molar refractivity (Wildman–Crippen MR) is 101 cm³/mol. The van der Waals surface area contributed by atoms with Crippen LogP contribution in [0.4, 0.5) is 0 Å². The molecule has 0 unspecified atom stereocenters. The lowest BCUT2D eigenvalue weighted by molar-refractivity contribution is 0.0690. The number of H-pyrrole nitrogens is 1. The van der Waals surface area contributed by atoms with Crippen LogP contribution in [0, 0.1) is 0 Å². The lowest BCUT2D eigenvalue weighted by Gasteiger charge is -2.35. The molecule has 7 nitrogen and oxygen atoms in total. The molecule has 0 aliphatic carbocycles. The van der Waals surface area contributed by atoms with Gasteiger partial charge in [0.05, 0.1) is 5.02 Å². The Morgan fingerprint density at radius 3 is 2.23 bits per heavy atom. The number of carbonyl (C=O) groups excluding carboxylic acids is 1. The van der Waals surface area contributed by atoms with Gasteiger partial charge in [-0.25, -0.2) is 0 Å². The Balaban J connectivity index is 1.47. The average molecular weight is 397 g/mol. The van der Waals surface area contributed by atoms with E-state index < -0.39 is 10.2 Å². The van der Waals surface area contributed by atoms with Gasteiger partial charge in [0.25, 0.3) is 16.1 Å². The molecule has 3 heterocycles. The predicted octanol–water partition coefficient (Wildman–Crippen LogP) is 1.92. The highest BCUT2D eigenvalue weighted by atomic mass is 35.5. The van der Waals surface area contributed by atoms with E-state index in [2.05, 4.69) is 4.98 Å². The summed E-state index contributed by atoms with van der Waals surface area (Å²) >= 11 is 6.37. The van der Waals surface area contributed by atoms with E-state index in [0.29, 0.717) is 50.0 Å². The first-order chi connectivity index (χ1) is 12.5. The van der Waals surface area contributed by atoms with E-state index in [1.807, 2.05) is 24.3 Å². The van der Waals surface area contributed by atoms with Gasteiger partial charge >= 0.3 is 0 Å². The summed E-state index contributed by atoms with van der Waals surface area (Å²) in [6.07, 6.45) is 1.83. The summed E-state index contributed by atoms with van der Waals surface area (Å²) in [5, 5.41) is 1.23. The van der Waals surface area contributed by atoms with Crippen LogP contribution in [0.2, 0.25) is 5.02 Å². The van der Waals surface area contributed by atoms with Crippen molar-refractivity contribution in [3.63, 3.8) is 0 Å². The average Bonchev–Trinajstić information content (AvgIpc) is 3.31. The molecule has 0 radical (unpaired) electrons. The van der Waals surface area contributed by atoms with Crippen LogP contribution in [0.15, 0.2) is 24.3 Å². The number of halogens is 1. The monoisotopic (exact) mass is 396 g/mol. The Hall–Kier alpha value is -1.61. The second-order valence-corrected chi connectivity index (χ2v) is 8.97. The first-order valence-corrected chi connectivity index (χ1v) is 10.6. The SMILES string of the molecule is O=C(c1[nH]c2ccccc2c1Cl)N1CCN(S(=O)(=O)N2CCCC2)CC1. The molecule has 26 heavy (non-hydrogen) atoms. The van der Waals surface area contributed by atoms with E-state index >= 15 is 0 Å². The van der Waals surface area contributed by atoms with Gasteiger partial charge in [-0.15, -0.1) is 0 Å². The molecule has 1 aromatic carbocycles. The van der Waals surface area contributed by atoms with Crippen molar-refractivity contribution in [1.82, 2.24) is 18.5 Å². The third kappa shape index (κ3) is 3.00. The Bertz CT molecular complexity index is 929. The molecule has 9 heteroatoms. The Morgan fingerprint density at radius 1 is 0.962 bits per heavy atom. The zero-order valence-corrected chi connectivity index (χ0v) is 15.9. The topological polar surface area (TPSA) is 76.7 Å². The number of fused-ring (bicyclic) bond motifs is 1. The summed E-state index contributed by atoms with van der Waals surface area (Å²) < 4.78 is 28.3. The van der Waals surface area contributed by atoms with E-state index in [0.717, 1.165) is 23.7 Å². The molecule has 0 atom stereocenters. The van der Waals surface area contributed by atoms with Crippen LogP contribution in [-0.4, -0.2) is 72.1 Å². The number of hydrogen-bond donors (Lipinski definition) is 1. The first kappa shape index (κ1) is 17.8. The molecule has 1 aromatic heterocycles. The van der Waals surface area contributed by atoms with Crippen molar-refractivity contribution in [2.24, 2.45) is 0 Å². The van der Waals surface area contributed by atoms with Gasteiger partial charge in [0.15, 0.2) is 0 Å². The minimum Gasteiger partial charge on any atom is -0.349 e. The molecule has 140 valence electrons. The molecular weight excluding hydrogens is 376 g/mol. The maximum atomic E-state index is 12.8. The number of nitrogens with zero attached hydrogens (tertiary/aromatic N) is 3. The van der Waals surface area contributed by atoms with Crippen molar-refractivity contribution in [2.45, 2.75) is 12.8 Å². The number of nitrogens with one attached hydrogen (secondary N) is 1. The standard InChI is InChI=1S/C17H21ClN4O3S/c18-15-13-5-1-2-6-14(13)19-16(15)17(23)20-9-11-22(12-10-20)26(24,25)21-7-3-4-8-21/h1-2,5-6,19H,3-4,7-12H2. The van der Waals surface area contributed by atoms with Crippen LogP contribution < -0.4 is 0 Å². The van der Waals surface area contributed by atoms with Crippen LogP contribution in [-0.2, 0) is 10.2 Å². The first-order valence-electron chi connectivity index (χ1n) is 8.79. The normalized spacial score (nSPS) is 20.1. The van der Waals surface area contributed by atoms with Gasteiger partial charge in [-0.2, -0.15) is 17.0 Å². The van der Waals surface area contributed by atoms with E-state index in [-0.39, 0.29) is 5.91 Å². The zero-order chi connectivity index (χ0) is 18.3. The Morgan fingerprint density at radius 2 is 1.58 bits per heavy atom. The highest BCUT2D eigenvalue weighted by Crippen LogP contribution is 2.28. The molecule has 0 bridgehead atoms. The fourth-order valence-electron chi connectivity index (χ4n) is 3.62. The van der Waals surface area contributed by atoms with Gasteiger partial charge in [0.1, 0.15) is 5.69 Å². The second kappa shape index (κ2) is 6.84. The summed E-state index contributed by atoms with van der Waals surface area (Å²) in [6, 6.07) is 7.49. The van der Waals surface area contributed by atoms with Crippen LogP contribution in [0.1, 0.15) is 23.3 Å². The van der Waals surface area contributed by atoms with E-state index in [4.69, 9.17) is 11.6 Å². The van der Waals surface area contributed by atoms with Gasteiger partial charge in [-0.1, -0.05) is 29.8 Å². The summed E-state index contributed by atoms with van der Waals surface area (Å²) in [6.45, 7) is 2.51. The van der Waals surface area contributed by atoms with Crippen LogP contribution in [0.3, 0.4) is 0 Å². The third-order valence-electron chi connectivity index (χ3n) is 5.10. The lowest BCUT2D eigenvalue weighted by atomic mass is 10.2. The van der Waals surface area contributed by atoms with Gasteiger partial charge in [-0.05, 0) is 18.9 Å². The van der Waals surface area contributed by atoms with Crippen molar-refractivity contribution < 1.29 is 13.2 Å². The largest absolute Gasteiger partial charge is 0.349 e. The van der Waals surface area contributed by atoms with Gasteiger partial charge in [-0.3, -0.25) is 4.79 Å². The fraction of sp³-hybridized carbons (Fsp3) is 0.471. The molecule has 0 spiro atoms. The van der Waals surface area contributed by atoms with Gasteiger partial charge in [0, 0.05) is 50.2 Å². The highest BCUT2D eigenvalue weighted by Gasteiger charge is 2.35. The maximum Gasteiger partial charge on any atom is 0.282 e. The highest BCUT2D eigenvalue weighted by molar-refractivity contribution is 7.86. The summed E-state index contributed by atoms with van der Waals surface area (Å²) in [7, 11) is -3.41. The van der Waals surface area contributed by atoms with Crippen molar-refractivity contribution >= 4 is 38.6 Å². The summed E-state index contributed by atoms with van der Waals surface area (Å²) in [5.74, 6) is -0.190. The minimum atomic E-state index is -3.41. The second-order valence-electron chi connectivity index (χ2n) is 6.66. The number of amides is 1. The van der Waals surface area contributed by atoms with E-state index in [9.17, 15) is 13.2 Å². The van der Waals surface area contributed by atoms with Crippen molar-refractivity contribution in [3.05, 3.63) is 35.0 Å². The Kier molecular flexibility index (Phi) is 4.68. The maximum absolute atomic E-state index is 12.8. The number of rotatable bonds is 3. The van der Waals surface area contributed by atoms with Crippen LogP contribution >= 0.6 is 11.6 Å². The Labute approximate surface area is 157 Å². The summed E-state index contributed by atoms with van der Waals surface area (Å²) in [5.41, 5.74) is 1.18. The number of piperazine rings is 1. The molecule has 0 saturated carbocycles. The smallest absolute Gasteiger partial charge is 0.282 e. The molecule has 2 aliphatic heterocycles. The molecule has 2 aromatic rings. The number of para-hydroxylation sites is 1. The summed E-state index contributed by atoms with van der Waals surface area (Å²) in [4.78, 5) is 17.6. The number of hydrogen-bond acceptors (Lipinski definition) is 3. The van der Waals surface area contributed by atoms with Gasteiger partial charge < -0.3 is 9.88 Å². The molecule has 2 aliphatic rings. The molecule has 2 saturated heterocycles. The number of carbonyl (C=O) groups is 1. The zero-order valence-electron chi connectivity index (χ0n) is 14.3. The van der Waals surface area contributed by atoms with Crippen molar-refractivity contribution in [1.29, 1.82) is 0 Å². The molecule has 2 fully saturated rings. The minimum absolute atomic E-state index is 0.190. The molecule has 4 rings (SSSR count). The number of aromatic amines is 1. The fourth-order valence-corrected chi connectivity index (χ4v) is 5.58. The molecular formula is C17H21ClN4O3S. The third-order valence-corrected chi connectivity index (χ3v) is 7.53. The van der Waals surface area contributed by atoms with Crippen LogP contribution in [0.5, 0.6) is 0 Å². The number of aromatic nitrogens is 1. The van der Waals surface area contributed by atoms with Crippen molar-refractivity contribution in [3.8, 4) is 0 Å². The van der Waals surface area contributed by atoms with Crippen molar-refractivity contribution in [2.75, 3.05) is 39.3 Å². The lowest BCUT2D eigenvalue weighted by Crippen LogP contribution is -2.53. The molecule has 1 N–H and O–H groups in total. The van der Waals surface area contributed by atoms with Gasteiger partial charge in [0.2, 0.25) is 0 Å². The number of benzene rings is 1.